The molecule has 15 N–H and O–H groups in total. The van der Waals surface area contributed by atoms with Crippen LogP contribution in [0.3, 0.4) is 0 Å². The molecule has 0 aliphatic heterocycles. The second-order valence-electron chi connectivity index (χ2n) is 12.1. The zero-order valence-corrected chi connectivity index (χ0v) is 29.1. The molecule has 4 atom stereocenters. The van der Waals surface area contributed by atoms with Gasteiger partial charge in [0, 0.05) is 50.7 Å². The molecule has 0 bridgehead atoms. The van der Waals surface area contributed by atoms with Crippen LogP contribution in [0.5, 0.6) is 0 Å². The fourth-order valence-corrected chi connectivity index (χ4v) is 4.69. The number of aliphatic carboxylic acids is 5. The number of carboxylic acids is 5. The van der Waals surface area contributed by atoms with Gasteiger partial charge in [0.15, 0.2) is 0 Å². The van der Waals surface area contributed by atoms with E-state index in [0.717, 1.165) is 0 Å². The second-order valence-corrected chi connectivity index (χ2v) is 12.1. The van der Waals surface area contributed by atoms with E-state index in [1.165, 1.54) is 11.2 Å². The molecule has 21 nitrogen and oxygen atoms in total. The van der Waals surface area contributed by atoms with Crippen LogP contribution in [0.4, 0.5) is 4.79 Å². The Labute approximate surface area is 300 Å². The van der Waals surface area contributed by atoms with Crippen molar-refractivity contribution >= 4 is 47.7 Å². The minimum atomic E-state index is -1.51. The minimum absolute atomic E-state index is 0.00211. The highest BCUT2D eigenvalue weighted by Crippen LogP contribution is 2.09. The van der Waals surface area contributed by atoms with Crippen LogP contribution in [0.2, 0.25) is 0 Å². The smallest absolute Gasteiger partial charge is 0.326 e. The second kappa shape index (κ2) is 26.6. The summed E-state index contributed by atoms with van der Waals surface area (Å²) in [6.07, 6.45) is 4.92. The number of carboxylic acid groups (broad SMARTS) is 5. The van der Waals surface area contributed by atoms with E-state index < -0.39 is 72.4 Å². The average molecular weight is 747 g/mol. The van der Waals surface area contributed by atoms with Gasteiger partial charge in [-0.2, -0.15) is 0 Å². The van der Waals surface area contributed by atoms with Gasteiger partial charge in [-0.25, -0.2) is 25.0 Å². The molecule has 0 aliphatic carbocycles. The summed E-state index contributed by atoms with van der Waals surface area (Å²) < 4.78 is 0. The Balaban J connectivity index is 4.20. The summed E-state index contributed by atoms with van der Waals surface area (Å²) in [5.74, 6) is -1.23. The molecular weight excluding hydrogens is 692 g/mol. The maximum atomic E-state index is 12.3. The van der Waals surface area contributed by atoms with Gasteiger partial charge in [0.2, 0.25) is 11.8 Å². The highest BCUT2D eigenvalue weighted by molar-refractivity contribution is 5.86. The third-order valence-electron chi connectivity index (χ3n) is 7.55. The van der Waals surface area contributed by atoms with Crippen molar-refractivity contribution in [2.24, 2.45) is 17.3 Å². The monoisotopic (exact) mass is 746 g/mol. The molecule has 0 aromatic carbocycles. The summed E-state index contributed by atoms with van der Waals surface area (Å²) in [6.45, 7) is 0.575. The number of hydrogen-bond acceptors (Lipinski definition) is 12. The molecule has 296 valence electrons. The predicted molar refractivity (Wildman–Crippen MR) is 183 cm³/mol. The lowest BCUT2D eigenvalue weighted by molar-refractivity contribution is -0.142. The van der Waals surface area contributed by atoms with E-state index in [1.807, 2.05) is 5.32 Å². The zero-order valence-electron chi connectivity index (χ0n) is 29.1. The Morgan fingerprint density at radius 3 is 1.62 bits per heavy atom. The van der Waals surface area contributed by atoms with Crippen LogP contribution in [0.25, 0.3) is 0 Å². The number of nitrogens with two attached hydrogens (primary N) is 3. The van der Waals surface area contributed by atoms with Crippen molar-refractivity contribution < 1.29 is 63.9 Å². The first-order valence-electron chi connectivity index (χ1n) is 16.9. The fraction of sp³-hybridized carbons (Fsp3) is 0.677. The quantitative estimate of drug-likeness (QED) is 0.0243. The molecule has 0 saturated heterocycles. The first kappa shape index (κ1) is 46.8. The molecule has 0 aromatic heterocycles. The van der Waals surface area contributed by atoms with E-state index in [0.29, 0.717) is 57.9 Å². The standard InChI is InChI=1S/C31H54N8O13/c32-19(17-20(33)27(44)45)18-39(34)16-8-6-10-21(28(46)47)36-25(41)12-4-2-1-3-11-24(40)35-15-7-5-9-22(29(48)49)37-31(52)38-23(30(50)51)13-14-26(42)43/h18,20-23H,1-17,32-34H2,(H,35,40)(H,36,41)(H,42,43)(H,44,45)(H,46,47)(H,48,49)(H,50,51)(H2,37,38,52)/b19-18-. The first-order chi connectivity index (χ1) is 24.4. The highest BCUT2D eigenvalue weighted by atomic mass is 16.4. The molecule has 4 unspecified atom stereocenters. The zero-order chi connectivity index (χ0) is 39.6. The van der Waals surface area contributed by atoms with Gasteiger partial charge in [-0.05, 0) is 57.8 Å². The van der Waals surface area contributed by atoms with Gasteiger partial charge >= 0.3 is 35.9 Å². The van der Waals surface area contributed by atoms with Crippen LogP contribution < -0.4 is 38.6 Å². The van der Waals surface area contributed by atoms with Crippen LogP contribution >= 0.6 is 0 Å². The van der Waals surface area contributed by atoms with Gasteiger partial charge in [-0.15, -0.1) is 0 Å². The van der Waals surface area contributed by atoms with Gasteiger partial charge in [-0.1, -0.05) is 12.8 Å². The van der Waals surface area contributed by atoms with Gasteiger partial charge < -0.3 is 63.3 Å². The Morgan fingerprint density at radius 2 is 1.10 bits per heavy atom. The third-order valence-corrected chi connectivity index (χ3v) is 7.55. The van der Waals surface area contributed by atoms with Crippen molar-refractivity contribution in [2.45, 2.75) is 120 Å². The predicted octanol–water partition coefficient (Wildman–Crippen LogP) is -0.799. The molecule has 52 heavy (non-hydrogen) atoms. The van der Waals surface area contributed by atoms with Gasteiger partial charge in [-0.3, -0.25) is 19.2 Å². The molecule has 0 saturated carbocycles. The third kappa shape index (κ3) is 24.1. The maximum absolute atomic E-state index is 12.3. The molecular formula is C31H54N8O13. The molecule has 0 aliphatic rings. The number of rotatable bonds is 30. The lowest BCUT2D eigenvalue weighted by Crippen LogP contribution is -2.51. The summed E-state index contributed by atoms with van der Waals surface area (Å²) in [5, 5.41) is 56.2. The molecule has 0 radical (unpaired) electrons. The molecule has 0 fully saturated rings. The summed E-state index contributed by atoms with van der Waals surface area (Å²) in [6, 6.07) is -6.13. The van der Waals surface area contributed by atoms with E-state index in [1.54, 1.807) is 0 Å². The number of hydrogen-bond donors (Lipinski definition) is 12. The van der Waals surface area contributed by atoms with Crippen molar-refractivity contribution in [2.75, 3.05) is 13.1 Å². The maximum Gasteiger partial charge on any atom is 0.326 e. The number of unbranched alkanes of at least 4 members (excludes halogenated alkanes) is 5. The van der Waals surface area contributed by atoms with E-state index in [2.05, 4.69) is 16.0 Å². The molecule has 21 heteroatoms. The van der Waals surface area contributed by atoms with Gasteiger partial charge in [0.05, 0.1) is 0 Å². The van der Waals surface area contributed by atoms with Crippen LogP contribution in [-0.4, -0.2) is 115 Å². The Bertz CT molecular complexity index is 1230. The van der Waals surface area contributed by atoms with Crippen molar-refractivity contribution in [3.8, 4) is 0 Å². The Hall–Kier alpha value is -5.18. The van der Waals surface area contributed by atoms with Crippen molar-refractivity contribution in [1.82, 2.24) is 26.3 Å². The lowest BCUT2D eigenvalue weighted by atomic mass is 10.1. The molecule has 4 amide bonds. The Morgan fingerprint density at radius 1 is 0.596 bits per heavy atom. The van der Waals surface area contributed by atoms with Crippen molar-refractivity contribution in [3.05, 3.63) is 11.9 Å². The van der Waals surface area contributed by atoms with Gasteiger partial charge in [0.25, 0.3) is 0 Å². The summed E-state index contributed by atoms with van der Waals surface area (Å²) in [4.78, 5) is 92.2. The van der Waals surface area contributed by atoms with E-state index in [4.69, 9.17) is 32.6 Å². The Kier molecular flexibility index (Phi) is 24.0. The summed E-state index contributed by atoms with van der Waals surface area (Å²) >= 11 is 0. The molecule has 0 aromatic rings. The van der Waals surface area contributed by atoms with Crippen molar-refractivity contribution in [3.63, 3.8) is 0 Å². The van der Waals surface area contributed by atoms with Crippen LogP contribution in [-0.2, 0) is 33.6 Å². The van der Waals surface area contributed by atoms with E-state index >= 15 is 0 Å². The molecule has 0 heterocycles. The first-order valence-corrected chi connectivity index (χ1v) is 16.9. The number of carbonyl (C=O) groups excluding carboxylic acids is 3. The number of amides is 4. The topological polar surface area (TPSA) is 367 Å². The summed E-state index contributed by atoms with van der Waals surface area (Å²) in [5.41, 5.74) is 11.3. The molecule has 0 spiro atoms. The van der Waals surface area contributed by atoms with E-state index in [-0.39, 0.29) is 56.7 Å². The number of nitrogens with zero attached hydrogens (tertiary/aromatic N) is 1. The fourth-order valence-electron chi connectivity index (χ4n) is 4.69. The highest BCUT2D eigenvalue weighted by Gasteiger charge is 2.25. The minimum Gasteiger partial charge on any atom is -0.481 e. The largest absolute Gasteiger partial charge is 0.481 e. The van der Waals surface area contributed by atoms with Crippen molar-refractivity contribution in [1.29, 1.82) is 0 Å². The average Bonchev–Trinajstić information content (AvgIpc) is 3.04. The van der Waals surface area contributed by atoms with E-state index in [9.17, 15) is 48.6 Å². The SMILES string of the molecule is N/C(=C\N(N)CCCCC(NC(=O)CCCCCCC(=O)NCCCCC(NC(=O)NC(CCC(=O)O)C(=O)O)C(=O)O)C(=O)O)CC(N)C(=O)O. The number of urea groups is 1. The number of carbonyl (C=O) groups is 8. The van der Waals surface area contributed by atoms with Crippen LogP contribution in [0.15, 0.2) is 11.9 Å². The summed E-state index contributed by atoms with van der Waals surface area (Å²) in [7, 11) is 0. The lowest BCUT2D eigenvalue weighted by Gasteiger charge is -2.18. The molecule has 0 rings (SSSR count). The van der Waals surface area contributed by atoms with Gasteiger partial charge in [0.1, 0.15) is 24.2 Å². The van der Waals surface area contributed by atoms with Crippen LogP contribution in [0, 0.1) is 0 Å². The van der Waals surface area contributed by atoms with Crippen LogP contribution in [0.1, 0.15) is 96.3 Å². The number of hydrazine groups is 1. The normalized spacial score (nSPS) is 13.5. The number of nitrogens with one attached hydrogen (secondary N) is 4.